The average Bonchev–Trinajstić information content (AvgIpc) is 3.28. The number of rotatable bonds is 4. The molecule has 2 aromatic rings. The van der Waals surface area contributed by atoms with Crippen molar-refractivity contribution in [1.29, 1.82) is 0 Å². The molecule has 25 heavy (non-hydrogen) atoms. The Kier molecular flexibility index (Phi) is 5.22. The van der Waals surface area contributed by atoms with Crippen molar-refractivity contribution in [3.05, 3.63) is 39.1 Å². The molecule has 1 aliphatic rings. The smallest absolute Gasteiger partial charge is 0.339 e. The van der Waals surface area contributed by atoms with Crippen molar-refractivity contribution >= 4 is 23.2 Å². The van der Waals surface area contributed by atoms with Gasteiger partial charge in [-0.1, -0.05) is 6.92 Å². The third-order valence-electron chi connectivity index (χ3n) is 4.78. The van der Waals surface area contributed by atoms with E-state index in [4.69, 9.17) is 4.74 Å². The van der Waals surface area contributed by atoms with E-state index >= 15 is 0 Å². The number of aryl methyl sites for hydroxylation is 1. The van der Waals surface area contributed by atoms with E-state index in [0.29, 0.717) is 29.8 Å². The van der Waals surface area contributed by atoms with Crippen molar-refractivity contribution < 1.29 is 14.3 Å². The van der Waals surface area contributed by atoms with Crippen LogP contribution in [0.1, 0.15) is 69.3 Å². The van der Waals surface area contributed by atoms with Gasteiger partial charge in [-0.15, -0.1) is 11.3 Å². The summed E-state index contributed by atoms with van der Waals surface area (Å²) in [5.74, 6) is -0.470. The molecule has 0 radical (unpaired) electrons. The van der Waals surface area contributed by atoms with Gasteiger partial charge in [-0.2, -0.15) is 0 Å². The molecule has 134 valence electrons. The van der Waals surface area contributed by atoms with Crippen LogP contribution in [0, 0.1) is 6.92 Å². The fourth-order valence-electron chi connectivity index (χ4n) is 3.49. The largest absolute Gasteiger partial charge is 0.465 e. The third kappa shape index (κ3) is 3.20. The van der Waals surface area contributed by atoms with E-state index in [-0.39, 0.29) is 11.9 Å². The summed E-state index contributed by atoms with van der Waals surface area (Å²) in [5.41, 5.74) is 2.38. The average molecular weight is 361 g/mol. The summed E-state index contributed by atoms with van der Waals surface area (Å²) in [7, 11) is 1.36. The van der Waals surface area contributed by atoms with E-state index in [1.807, 2.05) is 17.2 Å². The number of ether oxygens (including phenoxy) is 1. The number of thiazole rings is 1. The zero-order chi connectivity index (χ0) is 18.0. The van der Waals surface area contributed by atoms with E-state index in [1.165, 1.54) is 7.11 Å². The van der Waals surface area contributed by atoms with Crippen LogP contribution in [0.2, 0.25) is 0 Å². The molecule has 3 rings (SSSR count). The summed E-state index contributed by atoms with van der Waals surface area (Å²) in [6.07, 6.45) is 5.41. The van der Waals surface area contributed by atoms with Crippen molar-refractivity contribution in [3.8, 4) is 0 Å². The second-order valence-electron chi connectivity index (χ2n) is 6.20. The van der Waals surface area contributed by atoms with Crippen LogP contribution in [0.3, 0.4) is 0 Å². The summed E-state index contributed by atoms with van der Waals surface area (Å²) in [5, 5.41) is 2.91. The van der Waals surface area contributed by atoms with Gasteiger partial charge in [-0.05, 0) is 38.2 Å². The highest BCUT2D eigenvalue weighted by atomic mass is 32.1. The molecule has 0 spiro atoms. The van der Waals surface area contributed by atoms with Crippen LogP contribution >= 0.6 is 11.3 Å². The first-order chi connectivity index (χ1) is 12.1. The van der Waals surface area contributed by atoms with Crippen molar-refractivity contribution in [2.24, 2.45) is 0 Å². The first kappa shape index (κ1) is 17.7. The van der Waals surface area contributed by atoms with Crippen LogP contribution in [0.5, 0.6) is 0 Å². The molecule has 1 atom stereocenters. The van der Waals surface area contributed by atoms with Gasteiger partial charge in [0.05, 0.1) is 18.7 Å². The highest BCUT2D eigenvalue weighted by molar-refractivity contribution is 7.09. The lowest BCUT2D eigenvalue weighted by molar-refractivity contribution is 0.0598. The molecule has 3 heterocycles. The zero-order valence-electron chi connectivity index (χ0n) is 14.8. The van der Waals surface area contributed by atoms with Gasteiger partial charge in [0.15, 0.2) is 0 Å². The Morgan fingerprint density at radius 3 is 2.88 bits per heavy atom. The molecular formula is C18H23N3O3S. The van der Waals surface area contributed by atoms with E-state index in [0.717, 1.165) is 30.0 Å². The predicted molar refractivity (Wildman–Crippen MR) is 96.0 cm³/mol. The summed E-state index contributed by atoms with van der Waals surface area (Å²) < 4.78 is 4.89. The number of aromatic amines is 1. The van der Waals surface area contributed by atoms with Gasteiger partial charge in [-0.25, -0.2) is 9.78 Å². The van der Waals surface area contributed by atoms with Crippen LogP contribution < -0.4 is 0 Å². The highest BCUT2D eigenvalue weighted by Crippen LogP contribution is 2.34. The maximum atomic E-state index is 13.2. The van der Waals surface area contributed by atoms with Gasteiger partial charge in [0.25, 0.3) is 5.91 Å². The lowest BCUT2D eigenvalue weighted by Crippen LogP contribution is -2.39. The molecule has 0 bridgehead atoms. The van der Waals surface area contributed by atoms with E-state index in [2.05, 4.69) is 9.97 Å². The number of methoxy groups -OCH3 is 1. The number of likely N-dealkylation sites (tertiary alicyclic amines) is 1. The maximum Gasteiger partial charge on any atom is 0.339 e. The molecule has 6 nitrogen and oxygen atoms in total. The SMILES string of the molecule is CCc1[nH]c(C(=O)N2CCCC[C@H]2c2nccs2)c(C)c1C(=O)OC. The van der Waals surface area contributed by atoms with Crippen LogP contribution in [0.15, 0.2) is 11.6 Å². The van der Waals surface area contributed by atoms with E-state index in [9.17, 15) is 9.59 Å². The Morgan fingerprint density at radius 1 is 1.44 bits per heavy atom. The monoisotopic (exact) mass is 361 g/mol. The van der Waals surface area contributed by atoms with Crippen LogP contribution in [-0.2, 0) is 11.2 Å². The molecule has 1 N–H and O–H groups in total. The minimum absolute atomic E-state index is 0.00982. The fraction of sp³-hybridized carbons (Fsp3) is 0.500. The normalized spacial score (nSPS) is 17.6. The molecule has 7 heteroatoms. The topological polar surface area (TPSA) is 75.3 Å². The van der Waals surface area contributed by atoms with Crippen molar-refractivity contribution in [1.82, 2.24) is 14.9 Å². The number of nitrogens with one attached hydrogen (secondary N) is 1. The van der Waals surface area contributed by atoms with Crippen molar-refractivity contribution in [2.45, 2.75) is 45.6 Å². The van der Waals surface area contributed by atoms with Gasteiger partial charge < -0.3 is 14.6 Å². The van der Waals surface area contributed by atoms with Gasteiger partial charge >= 0.3 is 5.97 Å². The number of aromatic nitrogens is 2. The van der Waals surface area contributed by atoms with Gasteiger partial charge in [-0.3, -0.25) is 4.79 Å². The number of H-pyrrole nitrogens is 1. The predicted octanol–water partition coefficient (Wildman–Crippen LogP) is 3.50. The summed E-state index contributed by atoms with van der Waals surface area (Å²) >= 11 is 1.58. The van der Waals surface area contributed by atoms with E-state index < -0.39 is 5.97 Å². The molecule has 1 amide bonds. The Bertz CT molecular complexity index is 767. The first-order valence-corrected chi connectivity index (χ1v) is 9.46. The van der Waals surface area contributed by atoms with Gasteiger partial charge in [0.2, 0.25) is 0 Å². The summed E-state index contributed by atoms with van der Waals surface area (Å²) in [6.45, 7) is 4.46. The lowest BCUT2D eigenvalue weighted by Gasteiger charge is -2.34. The van der Waals surface area contributed by atoms with E-state index in [1.54, 1.807) is 24.5 Å². The second-order valence-corrected chi connectivity index (χ2v) is 7.13. The highest BCUT2D eigenvalue weighted by Gasteiger charge is 2.33. The zero-order valence-corrected chi connectivity index (χ0v) is 15.6. The molecule has 1 fully saturated rings. The molecule has 0 saturated carbocycles. The molecule has 0 unspecified atom stereocenters. The molecular weight excluding hydrogens is 338 g/mol. The summed E-state index contributed by atoms with van der Waals surface area (Å²) in [4.78, 5) is 34.8. The minimum atomic E-state index is -0.403. The minimum Gasteiger partial charge on any atom is -0.465 e. The lowest BCUT2D eigenvalue weighted by atomic mass is 10.0. The quantitative estimate of drug-likeness (QED) is 0.846. The van der Waals surface area contributed by atoms with Gasteiger partial charge in [0.1, 0.15) is 10.7 Å². The molecule has 0 aromatic carbocycles. The Balaban J connectivity index is 1.97. The number of carbonyl (C=O) groups is 2. The van der Waals surface area contributed by atoms with Crippen LogP contribution in [0.4, 0.5) is 0 Å². The Hall–Kier alpha value is -2.15. The van der Waals surface area contributed by atoms with Crippen LogP contribution in [0.25, 0.3) is 0 Å². The number of hydrogen-bond donors (Lipinski definition) is 1. The van der Waals surface area contributed by atoms with Crippen LogP contribution in [-0.4, -0.2) is 40.4 Å². The number of amides is 1. The Labute approximate surface area is 151 Å². The summed E-state index contributed by atoms with van der Waals surface area (Å²) in [6, 6.07) is 0.00982. The molecule has 1 saturated heterocycles. The second kappa shape index (κ2) is 7.39. The van der Waals surface area contributed by atoms with Crippen molar-refractivity contribution in [3.63, 3.8) is 0 Å². The number of esters is 1. The Morgan fingerprint density at radius 2 is 2.24 bits per heavy atom. The molecule has 0 aliphatic carbocycles. The number of hydrogen-bond acceptors (Lipinski definition) is 5. The van der Waals surface area contributed by atoms with Crippen molar-refractivity contribution in [2.75, 3.05) is 13.7 Å². The number of piperidine rings is 1. The number of nitrogens with zero attached hydrogens (tertiary/aromatic N) is 2. The van der Waals surface area contributed by atoms with Gasteiger partial charge in [0, 0.05) is 23.8 Å². The third-order valence-corrected chi connectivity index (χ3v) is 5.66. The molecule has 2 aromatic heterocycles. The number of carbonyl (C=O) groups excluding carboxylic acids is 2. The fourth-order valence-corrected chi connectivity index (χ4v) is 4.27. The molecule has 1 aliphatic heterocycles. The first-order valence-electron chi connectivity index (χ1n) is 8.58. The maximum absolute atomic E-state index is 13.2. The standard InChI is InChI=1S/C18H23N3O3S/c1-4-12-14(18(23)24-3)11(2)15(20-12)17(22)21-9-6-5-7-13(21)16-19-8-10-25-16/h8,10,13,20H,4-7,9H2,1-3H3/t13-/m0/s1.